The van der Waals surface area contributed by atoms with E-state index in [0.29, 0.717) is 26.2 Å². The predicted octanol–water partition coefficient (Wildman–Crippen LogP) is 3.62. The molecule has 1 aliphatic rings. The molecule has 1 aromatic heterocycles. The summed E-state index contributed by atoms with van der Waals surface area (Å²) < 4.78 is 1.33. The van der Waals surface area contributed by atoms with Crippen LogP contribution in [0.15, 0.2) is 15.4 Å². The summed E-state index contributed by atoms with van der Waals surface area (Å²) in [7, 11) is 0. The van der Waals surface area contributed by atoms with E-state index >= 15 is 0 Å². The van der Waals surface area contributed by atoms with E-state index in [9.17, 15) is 0 Å². The monoisotopic (exact) mass is 392 g/mol. The number of nitrogens with zero attached hydrogens (tertiary/aromatic N) is 2. The maximum absolute atomic E-state index is 5.29. The standard InChI is InChI=1S/C11H14Br2N4S/c12-8-6-14-10(9(13)16-8)17-11(18)15-7-4-2-1-3-5-7/h6-7H,1-5H2,(H2,14,15,17,18). The highest BCUT2D eigenvalue weighted by Gasteiger charge is 2.14. The van der Waals surface area contributed by atoms with E-state index in [2.05, 4.69) is 52.5 Å². The second-order valence-corrected chi connectivity index (χ2v) is 6.24. The summed E-state index contributed by atoms with van der Waals surface area (Å²) in [4.78, 5) is 8.41. The van der Waals surface area contributed by atoms with Crippen LogP contribution in [0.25, 0.3) is 0 Å². The maximum atomic E-state index is 5.29. The van der Waals surface area contributed by atoms with E-state index in [1.807, 2.05) is 0 Å². The van der Waals surface area contributed by atoms with E-state index in [4.69, 9.17) is 12.2 Å². The highest BCUT2D eigenvalue weighted by Crippen LogP contribution is 2.20. The van der Waals surface area contributed by atoms with Gasteiger partial charge in [-0.05, 0) is 56.9 Å². The molecule has 0 atom stereocenters. The molecule has 0 saturated heterocycles. The van der Waals surface area contributed by atoms with Gasteiger partial charge < -0.3 is 10.6 Å². The molecule has 0 bridgehead atoms. The summed E-state index contributed by atoms with van der Waals surface area (Å²) in [5, 5.41) is 7.00. The molecule has 1 aliphatic carbocycles. The summed E-state index contributed by atoms with van der Waals surface area (Å²) in [5.74, 6) is 0.631. The van der Waals surface area contributed by atoms with Crippen LogP contribution in [0.5, 0.6) is 0 Å². The van der Waals surface area contributed by atoms with Crippen LogP contribution in [0.2, 0.25) is 0 Å². The van der Waals surface area contributed by atoms with Crippen LogP contribution in [-0.2, 0) is 0 Å². The van der Waals surface area contributed by atoms with Gasteiger partial charge in [0.1, 0.15) is 9.21 Å². The second-order valence-electron chi connectivity index (χ2n) is 4.27. The van der Waals surface area contributed by atoms with Gasteiger partial charge in [0, 0.05) is 6.04 Å². The average molecular weight is 394 g/mol. The van der Waals surface area contributed by atoms with Crippen LogP contribution in [0, 0.1) is 0 Å². The minimum Gasteiger partial charge on any atom is -0.360 e. The van der Waals surface area contributed by atoms with Gasteiger partial charge >= 0.3 is 0 Å². The first-order valence-electron chi connectivity index (χ1n) is 5.90. The molecule has 4 nitrogen and oxygen atoms in total. The lowest BCUT2D eigenvalue weighted by atomic mass is 9.96. The number of thiocarbonyl (C=S) groups is 1. The van der Waals surface area contributed by atoms with Crippen LogP contribution in [0.1, 0.15) is 32.1 Å². The molecule has 0 aliphatic heterocycles. The van der Waals surface area contributed by atoms with E-state index < -0.39 is 0 Å². The van der Waals surface area contributed by atoms with Gasteiger partial charge in [0.15, 0.2) is 10.9 Å². The van der Waals surface area contributed by atoms with Gasteiger partial charge in [0.05, 0.1) is 6.20 Å². The van der Waals surface area contributed by atoms with Gasteiger partial charge in [0.2, 0.25) is 0 Å². The van der Waals surface area contributed by atoms with Gasteiger partial charge in [-0.1, -0.05) is 19.3 Å². The molecule has 0 aromatic carbocycles. The summed E-state index contributed by atoms with van der Waals surface area (Å²) in [6, 6.07) is 0.487. The highest BCUT2D eigenvalue weighted by atomic mass is 79.9. The zero-order valence-corrected chi connectivity index (χ0v) is 13.7. The van der Waals surface area contributed by atoms with Crippen LogP contribution < -0.4 is 10.6 Å². The lowest BCUT2D eigenvalue weighted by Gasteiger charge is -2.24. The molecule has 0 amide bonds. The normalized spacial score (nSPS) is 16.3. The molecular weight excluding hydrogens is 380 g/mol. The largest absolute Gasteiger partial charge is 0.360 e. The van der Waals surface area contributed by atoms with Crippen LogP contribution in [-0.4, -0.2) is 21.1 Å². The van der Waals surface area contributed by atoms with Gasteiger partial charge in [-0.15, -0.1) is 0 Å². The number of rotatable bonds is 2. The van der Waals surface area contributed by atoms with E-state index in [1.54, 1.807) is 6.20 Å². The van der Waals surface area contributed by atoms with Crippen molar-refractivity contribution in [1.82, 2.24) is 15.3 Å². The van der Waals surface area contributed by atoms with E-state index in [1.165, 1.54) is 32.1 Å². The lowest BCUT2D eigenvalue weighted by Crippen LogP contribution is -2.39. The third-order valence-corrected chi connectivity index (χ3v) is 4.03. The number of aromatic nitrogens is 2. The van der Waals surface area contributed by atoms with Gasteiger partial charge in [-0.2, -0.15) is 0 Å². The van der Waals surface area contributed by atoms with Crippen molar-refractivity contribution in [2.45, 2.75) is 38.1 Å². The Bertz CT molecular complexity index is 435. The predicted molar refractivity (Wildman–Crippen MR) is 83.7 cm³/mol. The first-order chi connectivity index (χ1) is 8.65. The molecule has 1 heterocycles. The zero-order chi connectivity index (χ0) is 13.0. The molecule has 1 aromatic rings. The second kappa shape index (κ2) is 6.77. The first-order valence-corrected chi connectivity index (χ1v) is 7.90. The van der Waals surface area contributed by atoms with Gasteiger partial charge in [-0.3, -0.25) is 0 Å². The summed E-state index contributed by atoms with van der Waals surface area (Å²) >= 11 is 11.9. The highest BCUT2D eigenvalue weighted by molar-refractivity contribution is 9.11. The number of anilines is 1. The Labute approximate surface area is 129 Å². The lowest BCUT2D eigenvalue weighted by molar-refractivity contribution is 0.415. The average Bonchev–Trinajstić information content (AvgIpc) is 2.34. The molecule has 1 fully saturated rings. The van der Waals surface area contributed by atoms with E-state index in [0.717, 1.165) is 0 Å². The minimum absolute atomic E-state index is 0.487. The third-order valence-electron chi connectivity index (χ3n) is 2.87. The molecular formula is C11H14Br2N4S. The Hall–Kier alpha value is -0.270. The Morgan fingerprint density at radius 2 is 2.00 bits per heavy atom. The number of halogens is 2. The molecule has 2 N–H and O–H groups in total. The van der Waals surface area contributed by atoms with Crippen molar-refractivity contribution < 1.29 is 0 Å². The first kappa shape index (κ1) is 14.1. The number of hydrogen-bond donors (Lipinski definition) is 2. The van der Waals surface area contributed by atoms with Crippen LogP contribution in [0.4, 0.5) is 5.82 Å². The van der Waals surface area contributed by atoms with Crippen molar-refractivity contribution in [1.29, 1.82) is 0 Å². The summed E-state index contributed by atoms with van der Waals surface area (Å²) in [6.07, 6.45) is 7.91. The zero-order valence-electron chi connectivity index (χ0n) is 9.75. The van der Waals surface area contributed by atoms with Crippen molar-refractivity contribution in [3.8, 4) is 0 Å². The Morgan fingerprint density at radius 1 is 1.28 bits per heavy atom. The Morgan fingerprint density at radius 3 is 2.67 bits per heavy atom. The molecule has 7 heteroatoms. The van der Waals surface area contributed by atoms with Crippen LogP contribution in [0.3, 0.4) is 0 Å². The minimum atomic E-state index is 0.487. The molecule has 0 unspecified atom stereocenters. The Kier molecular flexibility index (Phi) is 5.32. The fourth-order valence-corrected chi connectivity index (χ4v) is 3.18. The summed E-state index contributed by atoms with van der Waals surface area (Å²) in [6.45, 7) is 0. The van der Waals surface area contributed by atoms with Crippen molar-refractivity contribution in [3.63, 3.8) is 0 Å². The van der Waals surface area contributed by atoms with Crippen molar-refractivity contribution in [2.75, 3.05) is 5.32 Å². The van der Waals surface area contributed by atoms with Gasteiger partial charge in [-0.25, -0.2) is 9.97 Å². The molecule has 2 rings (SSSR count). The quantitative estimate of drug-likeness (QED) is 0.751. The molecule has 0 spiro atoms. The fraction of sp³-hybridized carbons (Fsp3) is 0.545. The Balaban J connectivity index is 1.90. The fourth-order valence-electron chi connectivity index (χ4n) is 2.01. The van der Waals surface area contributed by atoms with Crippen LogP contribution >= 0.6 is 44.1 Å². The molecule has 98 valence electrons. The smallest absolute Gasteiger partial charge is 0.172 e. The maximum Gasteiger partial charge on any atom is 0.172 e. The van der Waals surface area contributed by atoms with Gasteiger partial charge in [0.25, 0.3) is 0 Å². The van der Waals surface area contributed by atoms with Crippen molar-refractivity contribution >= 4 is 55.0 Å². The van der Waals surface area contributed by atoms with Crippen molar-refractivity contribution in [3.05, 3.63) is 15.4 Å². The number of nitrogens with one attached hydrogen (secondary N) is 2. The third kappa shape index (κ3) is 4.13. The summed E-state index contributed by atoms with van der Waals surface area (Å²) in [5.41, 5.74) is 0. The SMILES string of the molecule is S=C(Nc1ncc(Br)nc1Br)NC1CCCCC1. The topological polar surface area (TPSA) is 49.8 Å². The number of hydrogen-bond acceptors (Lipinski definition) is 3. The van der Waals surface area contributed by atoms with Crippen molar-refractivity contribution in [2.24, 2.45) is 0 Å². The molecule has 1 saturated carbocycles. The van der Waals surface area contributed by atoms with E-state index in [-0.39, 0.29) is 0 Å². The molecule has 0 radical (unpaired) electrons. The molecule has 18 heavy (non-hydrogen) atoms.